The van der Waals surface area contributed by atoms with Gasteiger partial charge >= 0.3 is 0 Å². The normalized spacial score (nSPS) is 26.8. The second-order valence-corrected chi connectivity index (χ2v) is 7.84. The summed E-state index contributed by atoms with van der Waals surface area (Å²) in [6.45, 7) is 16.2. The number of halogens is 1. The Hall–Kier alpha value is -0.120. The smallest absolute Gasteiger partial charge is 0.193 e. The molecule has 0 bridgehead atoms. The molecule has 0 aromatic carbocycles. The summed E-state index contributed by atoms with van der Waals surface area (Å²) in [5, 5.41) is 3.52. The van der Waals surface area contributed by atoms with Crippen LogP contribution in [0.25, 0.3) is 0 Å². The number of likely N-dealkylation sites (tertiary alicyclic amines) is 2. The molecule has 3 saturated heterocycles. The summed E-state index contributed by atoms with van der Waals surface area (Å²) in [5.41, 5.74) is 0. The lowest BCUT2D eigenvalue weighted by Crippen LogP contribution is -2.43. The Labute approximate surface area is 176 Å². The van der Waals surface area contributed by atoms with Gasteiger partial charge in [0.25, 0.3) is 0 Å². The van der Waals surface area contributed by atoms with Crippen molar-refractivity contribution >= 4 is 29.9 Å². The van der Waals surface area contributed by atoms with Crippen LogP contribution in [-0.4, -0.2) is 98.8 Å². The fourth-order valence-electron chi connectivity index (χ4n) is 4.29. The molecule has 3 fully saturated rings. The van der Waals surface area contributed by atoms with Crippen LogP contribution in [0.1, 0.15) is 33.1 Å². The lowest BCUT2D eigenvalue weighted by atomic mass is 10.1. The van der Waals surface area contributed by atoms with Crippen molar-refractivity contribution in [1.82, 2.24) is 20.0 Å². The zero-order valence-electron chi connectivity index (χ0n) is 16.7. The van der Waals surface area contributed by atoms with Gasteiger partial charge in [-0.05, 0) is 45.2 Å². The largest absolute Gasteiger partial charge is 0.379 e. The summed E-state index contributed by atoms with van der Waals surface area (Å²) in [7, 11) is 0. The second-order valence-electron chi connectivity index (χ2n) is 7.84. The lowest BCUT2D eigenvalue weighted by Gasteiger charge is -2.29. The van der Waals surface area contributed by atoms with Crippen molar-refractivity contribution in [2.75, 3.05) is 72.1 Å². The minimum Gasteiger partial charge on any atom is -0.379 e. The van der Waals surface area contributed by atoms with Crippen LogP contribution in [0.4, 0.5) is 0 Å². The molecule has 2 atom stereocenters. The Morgan fingerprint density at radius 1 is 1.15 bits per heavy atom. The number of rotatable bonds is 6. The summed E-state index contributed by atoms with van der Waals surface area (Å²) in [4.78, 5) is 12.7. The molecule has 3 aliphatic heterocycles. The van der Waals surface area contributed by atoms with Crippen LogP contribution in [0.15, 0.2) is 4.99 Å². The molecule has 1 N–H and O–H groups in total. The molecular weight excluding hydrogens is 441 g/mol. The Morgan fingerprint density at radius 3 is 2.58 bits per heavy atom. The fraction of sp³-hybridized carbons (Fsp3) is 0.947. The number of guanidine groups is 1. The first kappa shape index (κ1) is 22.2. The average molecular weight is 479 g/mol. The quantitative estimate of drug-likeness (QED) is 0.357. The van der Waals surface area contributed by atoms with Crippen LogP contribution >= 0.6 is 24.0 Å². The van der Waals surface area contributed by atoms with Crippen molar-refractivity contribution in [1.29, 1.82) is 0 Å². The van der Waals surface area contributed by atoms with E-state index >= 15 is 0 Å². The highest BCUT2D eigenvalue weighted by Crippen LogP contribution is 2.20. The molecule has 3 rings (SSSR count). The zero-order valence-corrected chi connectivity index (χ0v) is 19.0. The van der Waals surface area contributed by atoms with Gasteiger partial charge in [0.05, 0.1) is 13.2 Å². The fourth-order valence-corrected chi connectivity index (χ4v) is 4.29. The van der Waals surface area contributed by atoms with Crippen molar-refractivity contribution in [2.45, 2.75) is 39.2 Å². The van der Waals surface area contributed by atoms with E-state index in [1.165, 1.54) is 32.4 Å². The van der Waals surface area contributed by atoms with Gasteiger partial charge in [0, 0.05) is 51.9 Å². The van der Waals surface area contributed by atoms with E-state index < -0.39 is 0 Å². The molecule has 0 aromatic heterocycles. The van der Waals surface area contributed by atoms with Crippen molar-refractivity contribution in [3.05, 3.63) is 0 Å². The van der Waals surface area contributed by atoms with Crippen LogP contribution in [0.5, 0.6) is 0 Å². The minimum atomic E-state index is 0. The third-order valence-corrected chi connectivity index (χ3v) is 5.68. The molecule has 0 radical (unpaired) electrons. The molecule has 3 aliphatic rings. The van der Waals surface area contributed by atoms with E-state index in [0.29, 0.717) is 5.92 Å². The molecule has 152 valence electrons. The van der Waals surface area contributed by atoms with E-state index in [-0.39, 0.29) is 24.0 Å². The standard InChI is InChI=1S/C19H37N5O.HI/c1-3-20-19(21-14-17(2)15-22-10-12-25-13-11-22)24-9-6-18(16-24)23-7-4-5-8-23;/h17-18H,3-16H2,1-2H3,(H,20,21);1H. The highest BCUT2D eigenvalue weighted by molar-refractivity contribution is 14.0. The first-order chi connectivity index (χ1) is 12.3. The molecule has 0 aliphatic carbocycles. The van der Waals surface area contributed by atoms with E-state index in [1.807, 2.05) is 0 Å². The monoisotopic (exact) mass is 479 g/mol. The summed E-state index contributed by atoms with van der Waals surface area (Å²) in [6, 6.07) is 0.733. The summed E-state index contributed by atoms with van der Waals surface area (Å²) >= 11 is 0. The number of nitrogens with zero attached hydrogens (tertiary/aromatic N) is 4. The van der Waals surface area contributed by atoms with E-state index in [2.05, 4.69) is 33.9 Å². The average Bonchev–Trinajstić information content (AvgIpc) is 3.30. The van der Waals surface area contributed by atoms with Gasteiger partial charge in [-0.25, -0.2) is 0 Å². The van der Waals surface area contributed by atoms with Gasteiger partial charge in [-0.15, -0.1) is 24.0 Å². The Bertz CT molecular complexity index is 424. The van der Waals surface area contributed by atoms with Crippen molar-refractivity contribution in [3.63, 3.8) is 0 Å². The Morgan fingerprint density at radius 2 is 1.88 bits per heavy atom. The number of ether oxygens (including phenoxy) is 1. The van der Waals surface area contributed by atoms with Gasteiger partial charge in [-0.1, -0.05) is 6.92 Å². The molecule has 0 saturated carbocycles. The molecule has 0 spiro atoms. The predicted octanol–water partition coefficient (Wildman–Crippen LogP) is 1.71. The van der Waals surface area contributed by atoms with Crippen molar-refractivity contribution < 1.29 is 4.74 Å². The van der Waals surface area contributed by atoms with Gasteiger partial charge in [0.15, 0.2) is 5.96 Å². The number of morpholine rings is 1. The highest BCUT2D eigenvalue weighted by atomic mass is 127. The topological polar surface area (TPSA) is 43.3 Å². The van der Waals surface area contributed by atoms with E-state index in [4.69, 9.17) is 9.73 Å². The maximum Gasteiger partial charge on any atom is 0.193 e. The zero-order chi connectivity index (χ0) is 17.5. The Balaban J connectivity index is 0.00000243. The predicted molar refractivity (Wildman–Crippen MR) is 119 cm³/mol. The molecular formula is C19H38IN5O. The number of nitrogens with one attached hydrogen (secondary N) is 1. The summed E-state index contributed by atoms with van der Waals surface area (Å²) in [5.74, 6) is 1.71. The van der Waals surface area contributed by atoms with Gasteiger partial charge in [-0.2, -0.15) is 0 Å². The van der Waals surface area contributed by atoms with E-state index in [9.17, 15) is 0 Å². The maximum absolute atomic E-state index is 5.44. The number of aliphatic imine (C=N–C) groups is 1. The summed E-state index contributed by atoms with van der Waals surface area (Å²) < 4.78 is 5.44. The van der Waals surface area contributed by atoms with Gasteiger partial charge in [0.1, 0.15) is 0 Å². The highest BCUT2D eigenvalue weighted by Gasteiger charge is 2.30. The van der Waals surface area contributed by atoms with Crippen LogP contribution in [0.2, 0.25) is 0 Å². The van der Waals surface area contributed by atoms with Gasteiger partial charge in [0.2, 0.25) is 0 Å². The molecule has 3 heterocycles. The first-order valence-electron chi connectivity index (χ1n) is 10.3. The third kappa shape index (κ3) is 6.49. The Kier molecular flexibility index (Phi) is 9.94. The minimum absolute atomic E-state index is 0. The van der Waals surface area contributed by atoms with Crippen LogP contribution < -0.4 is 5.32 Å². The van der Waals surface area contributed by atoms with E-state index in [0.717, 1.165) is 71.0 Å². The number of hydrogen-bond donors (Lipinski definition) is 1. The lowest BCUT2D eigenvalue weighted by molar-refractivity contribution is 0.0323. The van der Waals surface area contributed by atoms with Gasteiger partial charge < -0.3 is 15.0 Å². The molecule has 7 heteroatoms. The van der Waals surface area contributed by atoms with Crippen LogP contribution in [0, 0.1) is 5.92 Å². The number of hydrogen-bond acceptors (Lipinski definition) is 4. The van der Waals surface area contributed by atoms with Crippen LogP contribution in [0.3, 0.4) is 0 Å². The molecule has 2 unspecified atom stereocenters. The molecule has 0 amide bonds. The maximum atomic E-state index is 5.44. The third-order valence-electron chi connectivity index (χ3n) is 5.68. The van der Waals surface area contributed by atoms with Crippen molar-refractivity contribution in [3.8, 4) is 0 Å². The first-order valence-corrected chi connectivity index (χ1v) is 10.3. The van der Waals surface area contributed by atoms with Crippen LogP contribution in [-0.2, 0) is 4.74 Å². The molecule has 0 aromatic rings. The summed E-state index contributed by atoms with van der Waals surface area (Å²) in [6.07, 6.45) is 4.04. The molecule has 26 heavy (non-hydrogen) atoms. The van der Waals surface area contributed by atoms with Crippen molar-refractivity contribution in [2.24, 2.45) is 10.9 Å². The SMILES string of the molecule is CCNC(=NCC(C)CN1CCOCC1)N1CCC(N2CCCC2)C1.I. The second kappa shape index (κ2) is 11.7. The van der Waals surface area contributed by atoms with Gasteiger partial charge in [-0.3, -0.25) is 14.8 Å². The molecule has 6 nitrogen and oxygen atoms in total. The van der Waals surface area contributed by atoms with E-state index in [1.54, 1.807) is 0 Å².